The molecule has 0 aliphatic rings. The van der Waals surface area contributed by atoms with E-state index in [0.717, 1.165) is 16.9 Å². The molecule has 152 valence electrons. The highest BCUT2D eigenvalue weighted by Gasteiger charge is 2.12. The number of hydrogen-bond donors (Lipinski definition) is 2. The van der Waals surface area contributed by atoms with E-state index in [1.807, 2.05) is 13.0 Å². The second-order valence-corrected chi connectivity index (χ2v) is 7.08. The van der Waals surface area contributed by atoms with Crippen molar-refractivity contribution in [2.24, 2.45) is 0 Å². The number of rotatable bonds is 5. The van der Waals surface area contributed by atoms with Crippen LogP contribution in [0.3, 0.4) is 0 Å². The molecule has 9 nitrogen and oxygen atoms in total. The molecule has 0 atom stereocenters. The smallest absolute Gasteiger partial charge is 0.269 e. The third-order valence-electron chi connectivity index (χ3n) is 4.66. The number of imidazole rings is 1. The van der Waals surface area contributed by atoms with Gasteiger partial charge in [0.15, 0.2) is 5.82 Å². The topological polar surface area (TPSA) is 111 Å². The van der Waals surface area contributed by atoms with Crippen LogP contribution in [0.25, 0.3) is 22.4 Å². The first-order valence-electron chi connectivity index (χ1n) is 9.59. The molecule has 0 aliphatic carbocycles. The van der Waals surface area contributed by atoms with Gasteiger partial charge in [-0.15, -0.1) is 0 Å². The number of amides is 1. The Bertz CT molecular complexity index is 1210. The van der Waals surface area contributed by atoms with Crippen LogP contribution in [0.2, 0.25) is 0 Å². The lowest BCUT2D eigenvalue weighted by Crippen LogP contribution is -2.18. The summed E-state index contributed by atoms with van der Waals surface area (Å²) in [5.41, 5.74) is 2.92. The standard InChI is InChI=1S/C21H22N8O/c1-12(2)29-13(3)26-16-11-25-19(9-17(16)29)27-18-7-8-23-20(28-18)14-5-6-15(24-10-14)21(30)22-4/h5-12H,1-4H3,(H,22,30)(H,23,25,27,28). The summed E-state index contributed by atoms with van der Waals surface area (Å²) in [7, 11) is 1.57. The number of carbonyl (C=O) groups excluding carboxylic acids is 1. The fourth-order valence-corrected chi connectivity index (χ4v) is 3.33. The van der Waals surface area contributed by atoms with Crippen LogP contribution >= 0.6 is 0 Å². The molecule has 9 heteroatoms. The van der Waals surface area contributed by atoms with Crippen LogP contribution in [0.15, 0.2) is 42.9 Å². The number of aryl methyl sites for hydroxylation is 1. The lowest BCUT2D eigenvalue weighted by atomic mass is 10.2. The van der Waals surface area contributed by atoms with Gasteiger partial charge in [0.2, 0.25) is 0 Å². The lowest BCUT2D eigenvalue weighted by Gasteiger charge is -2.11. The predicted molar refractivity (Wildman–Crippen MR) is 115 cm³/mol. The number of fused-ring (bicyclic) bond motifs is 1. The van der Waals surface area contributed by atoms with Gasteiger partial charge in [-0.3, -0.25) is 9.78 Å². The first-order valence-corrected chi connectivity index (χ1v) is 9.59. The Kier molecular flexibility index (Phi) is 5.09. The van der Waals surface area contributed by atoms with Gasteiger partial charge in [0.05, 0.1) is 11.7 Å². The molecule has 1 amide bonds. The lowest BCUT2D eigenvalue weighted by molar-refractivity contribution is 0.0958. The molecule has 4 rings (SSSR count). The van der Waals surface area contributed by atoms with Crippen molar-refractivity contribution in [2.75, 3.05) is 12.4 Å². The monoisotopic (exact) mass is 402 g/mol. The van der Waals surface area contributed by atoms with Crippen LogP contribution < -0.4 is 10.6 Å². The Labute approximate surface area is 173 Å². The summed E-state index contributed by atoms with van der Waals surface area (Å²) in [5, 5.41) is 5.78. The van der Waals surface area contributed by atoms with Crippen molar-refractivity contribution in [3.05, 3.63) is 54.4 Å². The molecule has 4 heterocycles. The highest BCUT2D eigenvalue weighted by Crippen LogP contribution is 2.24. The van der Waals surface area contributed by atoms with E-state index in [-0.39, 0.29) is 5.91 Å². The third kappa shape index (κ3) is 3.69. The van der Waals surface area contributed by atoms with Crippen molar-refractivity contribution in [3.8, 4) is 11.4 Å². The highest BCUT2D eigenvalue weighted by atomic mass is 16.1. The van der Waals surface area contributed by atoms with E-state index in [9.17, 15) is 4.79 Å². The zero-order valence-electron chi connectivity index (χ0n) is 17.2. The van der Waals surface area contributed by atoms with Gasteiger partial charge in [-0.25, -0.2) is 19.9 Å². The maximum atomic E-state index is 11.7. The Morgan fingerprint density at radius 3 is 2.57 bits per heavy atom. The van der Waals surface area contributed by atoms with E-state index >= 15 is 0 Å². The van der Waals surface area contributed by atoms with Gasteiger partial charge in [-0.2, -0.15) is 0 Å². The van der Waals surface area contributed by atoms with E-state index in [4.69, 9.17) is 0 Å². The minimum atomic E-state index is -0.241. The van der Waals surface area contributed by atoms with Crippen LogP contribution in [0.1, 0.15) is 36.2 Å². The number of nitrogens with zero attached hydrogens (tertiary/aromatic N) is 6. The van der Waals surface area contributed by atoms with Gasteiger partial charge in [0.1, 0.15) is 28.7 Å². The van der Waals surface area contributed by atoms with Crippen molar-refractivity contribution in [2.45, 2.75) is 26.8 Å². The zero-order chi connectivity index (χ0) is 21.3. The summed E-state index contributed by atoms with van der Waals surface area (Å²) >= 11 is 0. The molecule has 0 unspecified atom stereocenters. The first-order chi connectivity index (χ1) is 14.5. The summed E-state index contributed by atoms with van der Waals surface area (Å²) in [6.07, 6.45) is 5.00. The van der Waals surface area contributed by atoms with Crippen molar-refractivity contribution < 1.29 is 4.79 Å². The molecule has 4 aromatic heterocycles. The summed E-state index contributed by atoms with van der Waals surface area (Å²) in [6, 6.07) is 7.44. The van der Waals surface area contributed by atoms with Crippen molar-refractivity contribution in [1.82, 2.24) is 34.8 Å². The zero-order valence-corrected chi connectivity index (χ0v) is 17.2. The maximum absolute atomic E-state index is 11.7. The van der Waals surface area contributed by atoms with Crippen LogP contribution in [-0.2, 0) is 0 Å². The van der Waals surface area contributed by atoms with Crippen LogP contribution in [0, 0.1) is 6.92 Å². The van der Waals surface area contributed by atoms with Crippen LogP contribution in [-0.4, -0.2) is 42.4 Å². The molecule has 0 aliphatic heterocycles. The number of carbonyl (C=O) groups is 1. The number of aromatic nitrogens is 6. The minimum Gasteiger partial charge on any atom is -0.354 e. The van der Waals surface area contributed by atoms with Crippen molar-refractivity contribution >= 4 is 28.6 Å². The summed E-state index contributed by atoms with van der Waals surface area (Å²) in [5.74, 6) is 2.49. The van der Waals surface area contributed by atoms with Crippen molar-refractivity contribution in [1.29, 1.82) is 0 Å². The molecule has 0 bridgehead atoms. The third-order valence-corrected chi connectivity index (χ3v) is 4.66. The van der Waals surface area contributed by atoms with Gasteiger partial charge in [-0.1, -0.05) is 0 Å². The van der Waals surface area contributed by atoms with E-state index in [2.05, 4.69) is 54.0 Å². The van der Waals surface area contributed by atoms with E-state index in [1.54, 1.807) is 43.8 Å². The number of pyridine rings is 2. The summed E-state index contributed by atoms with van der Waals surface area (Å²) in [6.45, 7) is 6.25. The minimum absolute atomic E-state index is 0.241. The molecule has 2 N–H and O–H groups in total. The maximum Gasteiger partial charge on any atom is 0.269 e. The molecular weight excluding hydrogens is 380 g/mol. The van der Waals surface area contributed by atoms with Gasteiger partial charge < -0.3 is 15.2 Å². The normalized spacial score (nSPS) is 11.1. The molecule has 0 saturated carbocycles. The average Bonchev–Trinajstić information content (AvgIpc) is 3.08. The Balaban J connectivity index is 1.62. The Hall–Kier alpha value is -3.88. The molecule has 0 fully saturated rings. The molecule has 4 aromatic rings. The fourth-order valence-electron chi connectivity index (χ4n) is 3.33. The number of anilines is 2. The number of hydrogen-bond acceptors (Lipinski definition) is 7. The second-order valence-electron chi connectivity index (χ2n) is 7.08. The predicted octanol–water partition coefficient (Wildman–Crippen LogP) is 3.28. The highest BCUT2D eigenvalue weighted by molar-refractivity contribution is 5.92. The Morgan fingerprint density at radius 2 is 1.87 bits per heavy atom. The molecule has 0 aromatic carbocycles. The quantitative estimate of drug-likeness (QED) is 0.527. The van der Waals surface area contributed by atoms with E-state index < -0.39 is 0 Å². The van der Waals surface area contributed by atoms with Gasteiger partial charge >= 0.3 is 0 Å². The number of nitrogens with one attached hydrogen (secondary N) is 2. The molecular formula is C21H22N8O. The summed E-state index contributed by atoms with van der Waals surface area (Å²) in [4.78, 5) is 33.7. The van der Waals surface area contributed by atoms with Crippen LogP contribution in [0.4, 0.5) is 11.6 Å². The van der Waals surface area contributed by atoms with Gasteiger partial charge in [0.25, 0.3) is 5.91 Å². The average molecular weight is 402 g/mol. The van der Waals surface area contributed by atoms with Crippen LogP contribution in [0.5, 0.6) is 0 Å². The van der Waals surface area contributed by atoms with E-state index in [0.29, 0.717) is 34.8 Å². The first kappa shape index (κ1) is 19.4. The molecule has 0 saturated heterocycles. The van der Waals surface area contributed by atoms with E-state index in [1.165, 1.54) is 0 Å². The molecule has 30 heavy (non-hydrogen) atoms. The Morgan fingerprint density at radius 1 is 1.03 bits per heavy atom. The summed E-state index contributed by atoms with van der Waals surface area (Å²) < 4.78 is 2.17. The molecule has 0 spiro atoms. The fraction of sp³-hybridized carbons (Fsp3) is 0.238. The molecule has 0 radical (unpaired) electrons. The van der Waals surface area contributed by atoms with Crippen molar-refractivity contribution in [3.63, 3.8) is 0 Å². The largest absolute Gasteiger partial charge is 0.354 e. The SMILES string of the molecule is CNC(=O)c1ccc(-c2nccc(Nc3cc4c(cn3)nc(C)n4C(C)C)n2)cn1. The van der Waals surface area contributed by atoms with Gasteiger partial charge in [-0.05, 0) is 39.0 Å². The second kappa shape index (κ2) is 7.86. The van der Waals surface area contributed by atoms with Gasteiger partial charge in [0, 0.05) is 37.1 Å².